The molecule has 1 atom stereocenters. The van der Waals surface area contributed by atoms with E-state index in [-0.39, 0.29) is 5.91 Å². The van der Waals surface area contributed by atoms with Gasteiger partial charge in [0.25, 0.3) is 5.91 Å². The average molecular weight is 545 g/mol. The lowest BCUT2D eigenvalue weighted by Crippen LogP contribution is -2.45. The van der Waals surface area contributed by atoms with E-state index in [0.29, 0.717) is 42.5 Å². The average Bonchev–Trinajstić information content (AvgIpc) is 2.91. The number of halogens is 1. The minimum Gasteiger partial charge on any atom is -0.338 e. The third-order valence-electron chi connectivity index (χ3n) is 6.43. The van der Waals surface area contributed by atoms with Gasteiger partial charge in [0.2, 0.25) is 6.41 Å². The molecule has 1 aromatic rings. The molecule has 1 unspecified atom stereocenters. The highest BCUT2D eigenvalue weighted by molar-refractivity contribution is 6.33. The zero-order valence-corrected chi connectivity index (χ0v) is 25.0. The van der Waals surface area contributed by atoms with Crippen molar-refractivity contribution in [1.29, 1.82) is 0 Å². The number of piperazine rings is 1. The third-order valence-corrected chi connectivity index (χ3v) is 6.76. The summed E-state index contributed by atoms with van der Waals surface area (Å²) >= 11 is 6.09. The SMILES string of the molecule is C/C=C/CN(CCC)CCC(C)CCC.C=C1CN(C=O)CCN1/C(=C\CC)C(=O)Nc1ccccc1Cl. The molecule has 2 rings (SSSR count). The molecule has 1 aliphatic heterocycles. The Bertz CT molecular complexity index is 915. The molecule has 1 aromatic carbocycles. The molecule has 1 saturated heterocycles. The van der Waals surface area contributed by atoms with Crippen LogP contribution in [0.15, 0.2) is 60.5 Å². The quantitative estimate of drug-likeness (QED) is 0.156. The first-order valence-electron chi connectivity index (χ1n) is 14.0. The van der Waals surface area contributed by atoms with Crippen LogP contribution < -0.4 is 5.32 Å². The Hall–Kier alpha value is -2.57. The van der Waals surface area contributed by atoms with E-state index in [1.165, 1.54) is 38.8 Å². The first kappa shape index (κ1) is 33.5. The van der Waals surface area contributed by atoms with Crippen molar-refractivity contribution in [3.05, 3.63) is 65.5 Å². The predicted molar refractivity (Wildman–Crippen MR) is 162 cm³/mol. The van der Waals surface area contributed by atoms with Crippen LogP contribution in [0.25, 0.3) is 0 Å². The van der Waals surface area contributed by atoms with Gasteiger partial charge in [-0.3, -0.25) is 14.5 Å². The van der Waals surface area contributed by atoms with E-state index in [2.05, 4.69) is 56.6 Å². The highest BCUT2D eigenvalue weighted by Gasteiger charge is 2.25. The summed E-state index contributed by atoms with van der Waals surface area (Å²) in [5.74, 6) is 0.653. The number of para-hydroxylation sites is 1. The molecule has 7 heteroatoms. The van der Waals surface area contributed by atoms with Crippen LogP contribution in [0.5, 0.6) is 0 Å². The summed E-state index contributed by atoms with van der Waals surface area (Å²) < 4.78 is 0. The fraction of sp³-hybridized carbons (Fsp3) is 0.548. The maximum Gasteiger partial charge on any atom is 0.271 e. The number of carbonyl (C=O) groups excluding carboxylic acids is 2. The molecule has 1 fully saturated rings. The summed E-state index contributed by atoms with van der Waals surface area (Å²) in [6, 6.07) is 7.10. The van der Waals surface area contributed by atoms with Gasteiger partial charge in [0.05, 0.1) is 17.3 Å². The number of benzene rings is 1. The highest BCUT2D eigenvalue weighted by Crippen LogP contribution is 2.23. The fourth-order valence-corrected chi connectivity index (χ4v) is 4.52. The molecule has 1 aliphatic rings. The van der Waals surface area contributed by atoms with Gasteiger partial charge in [-0.2, -0.15) is 0 Å². The van der Waals surface area contributed by atoms with Crippen LogP contribution in [0.3, 0.4) is 0 Å². The summed E-state index contributed by atoms with van der Waals surface area (Å²) in [6.45, 7) is 20.1. The van der Waals surface area contributed by atoms with Crippen LogP contribution in [-0.2, 0) is 9.59 Å². The minimum atomic E-state index is -0.236. The van der Waals surface area contributed by atoms with Crippen LogP contribution in [0.1, 0.15) is 66.7 Å². The van der Waals surface area contributed by atoms with Gasteiger partial charge >= 0.3 is 0 Å². The van der Waals surface area contributed by atoms with E-state index in [4.69, 9.17) is 11.6 Å². The second-order valence-corrected chi connectivity index (χ2v) is 10.2. The molecule has 0 radical (unpaired) electrons. The molecule has 0 spiro atoms. The zero-order valence-electron chi connectivity index (χ0n) is 24.2. The molecule has 0 aliphatic carbocycles. The fourth-order valence-electron chi connectivity index (χ4n) is 4.34. The monoisotopic (exact) mass is 544 g/mol. The second-order valence-electron chi connectivity index (χ2n) is 9.78. The van der Waals surface area contributed by atoms with Gasteiger partial charge < -0.3 is 15.1 Å². The van der Waals surface area contributed by atoms with Crippen molar-refractivity contribution in [2.24, 2.45) is 5.92 Å². The summed E-state index contributed by atoms with van der Waals surface area (Å²) in [5.41, 5.74) is 1.82. The number of nitrogens with zero attached hydrogens (tertiary/aromatic N) is 3. The maximum atomic E-state index is 12.6. The number of nitrogens with one attached hydrogen (secondary N) is 1. The van der Waals surface area contributed by atoms with Crippen LogP contribution in [0.2, 0.25) is 5.02 Å². The first-order valence-corrected chi connectivity index (χ1v) is 14.4. The van der Waals surface area contributed by atoms with E-state index >= 15 is 0 Å². The van der Waals surface area contributed by atoms with Gasteiger partial charge in [-0.25, -0.2) is 0 Å². The summed E-state index contributed by atoms with van der Waals surface area (Å²) in [7, 11) is 0. The Morgan fingerprint density at radius 1 is 1.16 bits per heavy atom. The number of hydrogen-bond acceptors (Lipinski definition) is 4. The van der Waals surface area contributed by atoms with Crippen LogP contribution in [0, 0.1) is 5.92 Å². The first-order chi connectivity index (χ1) is 18.3. The molecule has 6 nitrogen and oxygen atoms in total. The van der Waals surface area contributed by atoms with Gasteiger partial charge in [-0.05, 0) is 57.3 Å². The Balaban J connectivity index is 0.000000420. The smallest absolute Gasteiger partial charge is 0.271 e. The van der Waals surface area contributed by atoms with Gasteiger partial charge in [0.1, 0.15) is 5.70 Å². The lowest BCUT2D eigenvalue weighted by atomic mass is 10.0. The number of hydrogen-bond donors (Lipinski definition) is 1. The van der Waals surface area contributed by atoms with E-state index in [1.54, 1.807) is 23.1 Å². The van der Waals surface area contributed by atoms with Gasteiger partial charge in [0.15, 0.2) is 0 Å². The van der Waals surface area contributed by atoms with Crippen molar-refractivity contribution in [2.45, 2.75) is 66.7 Å². The van der Waals surface area contributed by atoms with Gasteiger partial charge in [-0.15, -0.1) is 0 Å². The molecule has 0 aromatic heterocycles. The molecular weight excluding hydrogens is 496 g/mol. The largest absolute Gasteiger partial charge is 0.338 e. The number of carbonyl (C=O) groups is 2. The number of rotatable bonds is 14. The molecule has 1 heterocycles. The summed E-state index contributed by atoms with van der Waals surface area (Å²) in [6.07, 6.45) is 13.1. The van der Waals surface area contributed by atoms with E-state index in [9.17, 15) is 9.59 Å². The van der Waals surface area contributed by atoms with Crippen LogP contribution >= 0.6 is 11.6 Å². The Labute approximate surface area is 236 Å². The lowest BCUT2D eigenvalue weighted by Gasteiger charge is -2.36. The molecule has 1 N–H and O–H groups in total. The zero-order chi connectivity index (χ0) is 28.3. The number of allylic oxidation sites excluding steroid dienone is 2. The van der Waals surface area contributed by atoms with Crippen molar-refractivity contribution in [1.82, 2.24) is 14.7 Å². The molecule has 212 valence electrons. The molecule has 0 saturated carbocycles. The molecular formula is C31H49ClN4O2. The molecule has 38 heavy (non-hydrogen) atoms. The number of amides is 2. The van der Waals surface area contributed by atoms with Gasteiger partial charge in [-0.1, -0.05) is 89.1 Å². The summed E-state index contributed by atoms with van der Waals surface area (Å²) in [4.78, 5) is 29.6. The molecule has 0 bridgehead atoms. The summed E-state index contributed by atoms with van der Waals surface area (Å²) in [5, 5.41) is 3.32. The van der Waals surface area contributed by atoms with Crippen molar-refractivity contribution >= 4 is 29.6 Å². The van der Waals surface area contributed by atoms with E-state index in [0.717, 1.165) is 24.6 Å². The Morgan fingerprint density at radius 3 is 2.47 bits per heavy atom. The van der Waals surface area contributed by atoms with Crippen molar-refractivity contribution in [3.63, 3.8) is 0 Å². The number of anilines is 1. The van der Waals surface area contributed by atoms with Crippen molar-refractivity contribution in [3.8, 4) is 0 Å². The van der Waals surface area contributed by atoms with Crippen LogP contribution in [0.4, 0.5) is 5.69 Å². The lowest BCUT2D eigenvalue weighted by molar-refractivity contribution is -0.118. The standard InChI is InChI=1S/C17H20ClN3O2.C14H29N/c1-3-6-16(21-10-9-20(12-22)11-13(21)2)17(23)19-15-8-5-4-7-14(15)18;1-5-8-12-15(11-7-3)13-10-14(4)9-6-2/h4-8,12H,2-3,9-11H2,1H3,(H,19,23);5,8,14H,6-7,9-13H2,1-4H3/b16-6-;8-5+. The third kappa shape index (κ3) is 12.3. The van der Waals surface area contributed by atoms with Crippen LogP contribution in [-0.4, -0.2) is 66.3 Å². The second kappa shape index (κ2) is 19.5. The Kier molecular flexibility index (Phi) is 17.2. The maximum absolute atomic E-state index is 12.6. The van der Waals surface area contributed by atoms with E-state index in [1.807, 2.05) is 24.0 Å². The van der Waals surface area contributed by atoms with E-state index < -0.39 is 0 Å². The molecule has 2 amide bonds. The normalized spacial score (nSPS) is 14.9. The Morgan fingerprint density at radius 2 is 1.89 bits per heavy atom. The topological polar surface area (TPSA) is 55.9 Å². The highest BCUT2D eigenvalue weighted by atomic mass is 35.5. The minimum absolute atomic E-state index is 0.236. The van der Waals surface area contributed by atoms with Crippen molar-refractivity contribution < 1.29 is 9.59 Å². The predicted octanol–water partition coefficient (Wildman–Crippen LogP) is 6.96. The van der Waals surface area contributed by atoms with Crippen molar-refractivity contribution in [2.75, 3.05) is 44.6 Å². The van der Waals surface area contributed by atoms with Gasteiger partial charge in [0, 0.05) is 25.3 Å².